The van der Waals surface area contributed by atoms with Crippen LogP contribution in [-0.4, -0.2) is 53.8 Å². The Balaban J connectivity index is 4.39. The average Bonchev–Trinajstić information content (AvgIpc) is 2.16. The summed E-state index contributed by atoms with van der Waals surface area (Å²) in [5.74, 6) is -0.423. The van der Waals surface area contributed by atoms with Gasteiger partial charge in [-0.3, -0.25) is 5.26 Å². The van der Waals surface area contributed by atoms with E-state index in [9.17, 15) is 12.6 Å². The van der Waals surface area contributed by atoms with E-state index in [4.69, 9.17) is 15.1 Å². The Labute approximate surface area is 99.7 Å². The van der Waals surface area contributed by atoms with Crippen molar-refractivity contribution in [3.05, 3.63) is 11.5 Å². The van der Waals surface area contributed by atoms with Crippen LogP contribution in [0.3, 0.4) is 0 Å². The molecule has 0 radical (unpaired) electrons. The molecule has 1 unspecified atom stereocenters. The van der Waals surface area contributed by atoms with E-state index < -0.39 is 37.2 Å². The molecule has 0 aromatic rings. The maximum Gasteiger partial charge on any atom is 0.165 e. The lowest BCUT2D eigenvalue weighted by Gasteiger charge is -2.04. The van der Waals surface area contributed by atoms with Gasteiger partial charge in [-0.1, -0.05) is 0 Å². The van der Waals surface area contributed by atoms with Gasteiger partial charge in [0, 0.05) is 5.41 Å². The predicted octanol–water partition coefficient (Wildman–Crippen LogP) is -0.625. The summed E-state index contributed by atoms with van der Waals surface area (Å²) in [5, 5.41) is 16.3. The molecule has 0 aromatic heterocycles. The van der Waals surface area contributed by atoms with Crippen molar-refractivity contribution in [3.8, 4) is 0 Å². The van der Waals surface area contributed by atoms with Crippen molar-refractivity contribution in [2.24, 2.45) is 0 Å². The molecule has 0 bridgehead atoms. The van der Waals surface area contributed by atoms with Crippen molar-refractivity contribution < 1.29 is 32.6 Å². The molecule has 0 aliphatic rings. The molecule has 8 nitrogen and oxygen atoms in total. The molecule has 0 aromatic carbocycles. The summed E-state index contributed by atoms with van der Waals surface area (Å²) in [6.07, 6.45) is 1.09. The predicted molar refractivity (Wildman–Crippen MR) is 60.3 cm³/mol. The normalized spacial score (nSPS) is 16.1. The highest BCUT2D eigenvalue weighted by atomic mass is 32.3. The smallest absolute Gasteiger partial charge is 0.165 e. The Morgan fingerprint density at radius 1 is 1.29 bits per heavy atom. The van der Waals surface area contributed by atoms with Crippen molar-refractivity contribution in [2.75, 3.05) is 30.8 Å². The average molecular weight is 289 g/mol. The molecule has 10 heteroatoms. The zero-order chi connectivity index (χ0) is 13.4. The second-order valence-corrected chi connectivity index (χ2v) is 7.56. The van der Waals surface area contributed by atoms with Gasteiger partial charge in [-0.25, -0.2) is 22.3 Å². The third-order valence-electron chi connectivity index (χ3n) is 1.47. The minimum absolute atomic E-state index is 0.224. The largest absolute Gasteiger partial charge is 0.371 e. The number of ether oxygens (including phenoxy) is 1. The number of nitrogens with one attached hydrogen (secondary N) is 1. The van der Waals surface area contributed by atoms with Crippen LogP contribution >= 0.6 is 0 Å². The summed E-state index contributed by atoms with van der Waals surface area (Å²) in [4.78, 5) is 3.65. The molecule has 0 fully saturated rings. The quantitative estimate of drug-likeness (QED) is 0.223. The van der Waals surface area contributed by atoms with Crippen LogP contribution < -0.4 is 0 Å². The Kier molecular flexibility index (Phi) is 7.50. The molecular formula is C7H15NO7S2. The number of hydrogen-bond acceptors (Lipinski definition) is 8. The maximum atomic E-state index is 11.5. The first-order valence-corrected chi connectivity index (χ1v) is 8.02. The number of sulfone groups is 1. The molecule has 102 valence electrons. The summed E-state index contributed by atoms with van der Waals surface area (Å²) in [6, 6.07) is 0. The molecule has 0 saturated heterocycles. The topological polar surface area (TPSA) is 134 Å². The van der Waals surface area contributed by atoms with Gasteiger partial charge in [0.25, 0.3) is 0 Å². The number of hydrogen-bond donors (Lipinski definition) is 3. The van der Waals surface area contributed by atoms with Crippen molar-refractivity contribution in [3.63, 3.8) is 0 Å². The summed E-state index contributed by atoms with van der Waals surface area (Å²) < 4.78 is 45.9. The summed E-state index contributed by atoms with van der Waals surface area (Å²) >= 11 is 0. The van der Waals surface area contributed by atoms with Gasteiger partial charge in [-0.05, 0) is 6.08 Å². The Bertz CT molecular complexity index is 425. The lowest BCUT2D eigenvalue weighted by molar-refractivity contribution is -0.231. The van der Waals surface area contributed by atoms with Crippen molar-refractivity contribution in [1.82, 2.24) is 0 Å². The molecular weight excluding hydrogens is 274 g/mol. The molecule has 0 spiro atoms. The molecule has 0 rings (SSSR count). The Morgan fingerprint density at radius 3 is 2.47 bits per heavy atom. The zero-order valence-corrected chi connectivity index (χ0v) is 10.6. The highest BCUT2D eigenvalue weighted by Gasteiger charge is 2.17. The zero-order valence-electron chi connectivity index (χ0n) is 8.94. The number of aliphatic hydroxyl groups is 1. The first-order valence-electron chi connectivity index (χ1n) is 4.41. The van der Waals surface area contributed by atoms with Crippen LogP contribution in [0.25, 0.3) is 0 Å². The van der Waals surface area contributed by atoms with Gasteiger partial charge >= 0.3 is 0 Å². The van der Waals surface area contributed by atoms with Gasteiger partial charge in [-0.2, -0.15) is 0 Å². The van der Waals surface area contributed by atoms with E-state index in [1.165, 1.54) is 0 Å². The SMILES string of the molecule is N=S(=O)(/C=C/COO)CS(=O)(=O)CCOCO. The van der Waals surface area contributed by atoms with Gasteiger partial charge in [0.05, 0.1) is 22.1 Å². The maximum absolute atomic E-state index is 11.5. The molecule has 0 heterocycles. The molecule has 17 heavy (non-hydrogen) atoms. The fraction of sp³-hybridized carbons (Fsp3) is 0.714. The standard InChI is InChI=1S/C7H15NO7S2/c8-16(11,4-1-2-15-10)7-17(12,13)5-3-14-6-9/h1,4,8-10H,2-3,5-7H2/b4-1+. The van der Waals surface area contributed by atoms with Crippen LogP contribution in [0, 0.1) is 4.78 Å². The van der Waals surface area contributed by atoms with Crippen LogP contribution in [0.5, 0.6) is 0 Å². The van der Waals surface area contributed by atoms with Gasteiger partial charge in [-0.15, -0.1) is 0 Å². The first-order chi connectivity index (χ1) is 7.83. The minimum Gasteiger partial charge on any atom is -0.371 e. The monoisotopic (exact) mass is 289 g/mol. The minimum atomic E-state index is -3.70. The van der Waals surface area contributed by atoms with E-state index >= 15 is 0 Å². The number of aliphatic hydroxyl groups excluding tert-OH is 1. The summed E-state index contributed by atoms with van der Waals surface area (Å²) in [7, 11) is -7.13. The Hall–Kier alpha value is -0.520. The molecule has 1 atom stereocenters. The third-order valence-corrected chi connectivity index (χ3v) is 5.73. The van der Waals surface area contributed by atoms with Gasteiger partial charge in [0.1, 0.15) is 18.5 Å². The molecule has 0 aliphatic heterocycles. The third kappa shape index (κ3) is 9.21. The molecule has 3 N–H and O–H groups in total. The summed E-state index contributed by atoms with van der Waals surface area (Å²) in [5.41, 5.74) is 0. The molecule has 0 saturated carbocycles. The lowest BCUT2D eigenvalue weighted by atomic mass is 10.7. The van der Waals surface area contributed by atoms with Crippen molar-refractivity contribution >= 4 is 19.6 Å². The van der Waals surface area contributed by atoms with E-state index in [0.717, 1.165) is 11.5 Å². The van der Waals surface area contributed by atoms with Crippen molar-refractivity contribution in [1.29, 1.82) is 4.78 Å². The van der Waals surface area contributed by atoms with Crippen LogP contribution in [0.2, 0.25) is 0 Å². The van der Waals surface area contributed by atoms with E-state index in [2.05, 4.69) is 9.62 Å². The van der Waals surface area contributed by atoms with Crippen LogP contribution in [0.15, 0.2) is 11.5 Å². The van der Waals surface area contributed by atoms with E-state index in [0.29, 0.717) is 0 Å². The van der Waals surface area contributed by atoms with E-state index in [-0.39, 0.29) is 13.2 Å². The highest BCUT2D eigenvalue weighted by Crippen LogP contribution is 2.02. The second-order valence-electron chi connectivity index (χ2n) is 3.00. The van der Waals surface area contributed by atoms with Gasteiger partial charge in [0.15, 0.2) is 9.84 Å². The van der Waals surface area contributed by atoms with Crippen molar-refractivity contribution in [2.45, 2.75) is 0 Å². The number of rotatable bonds is 9. The van der Waals surface area contributed by atoms with Crippen LogP contribution in [0.1, 0.15) is 0 Å². The Morgan fingerprint density at radius 2 is 1.94 bits per heavy atom. The van der Waals surface area contributed by atoms with Crippen LogP contribution in [-0.2, 0) is 29.2 Å². The second kappa shape index (κ2) is 7.74. The fourth-order valence-electron chi connectivity index (χ4n) is 0.853. The van der Waals surface area contributed by atoms with Gasteiger partial charge in [0.2, 0.25) is 0 Å². The fourth-order valence-corrected chi connectivity index (χ4v) is 4.53. The van der Waals surface area contributed by atoms with E-state index in [1.807, 2.05) is 0 Å². The molecule has 0 aliphatic carbocycles. The van der Waals surface area contributed by atoms with E-state index in [1.54, 1.807) is 0 Å². The van der Waals surface area contributed by atoms with Crippen LogP contribution in [0.4, 0.5) is 0 Å². The summed E-state index contributed by atoms with van der Waals surface area (Å²) in [6.45, 7) is -1.10. The van der Waals surface area contributed by atoms with Gasteiger partial charge < -0.3 is 9.84 Å². The first kappa shape index (κ1) is 16.5. The highest BCUT2D eigenvalue weighted by molar-refractivity contribution is 8.09. The lowest BCUT2D eigenvalue weighted by Crippen LogP contribution is -2.20. The molecule has 0 amide bonds.